The topological polar surface area (TPSA) is 72.5 Å². The van der Waals surface area contributed by atoms with E-state index in [1.54, 1.807) is 12.1 Å². The fourth-order valence-electron chi connectivity index (χ4n) is 2.60. The van der Waals surface area contributed by atoms with Crippen molar-refractivity contribution in [3.05, 3.63) is 82.9 Å². The molecule has 0 amide bonds. The number of alkyl halides is 3. The first-order chi connectivity index (χ1) is 14.8. The van der Waals surface area contributed by atoms with E-state index in [1.807, 2.05) is 0 Å². The summed E-state index contributed by atoms with van der Waals surface area (Å²) in [6, 6.07) is 11.4. The monoisotopic (exact) mass is 486 g/mol. The number of rotatable bonds is 5. The van der Waals surface area contributed by atoms with Crippen LogP contribution in [0.3, 0.4) is 0 Å². The number of allylic oxidation sites excluding steroid dienone is 2. The summed E-state index contributed by atoms with van der Waals surface area (Å²) in [6.07, 6.45) is -3.27. The number of benzene rings is 2. The molecule has 0 spiro atoms. The van der Waals surface area contributed by atoms with Crippen molar-refractivity contribution in [3.63, 3.8) is 0 Å². The number of aliphatic imine (C=N–C) groups is 1. The van der Waals surface area contributed by atoms with Crippen LogP contribution < -0.4 is 5.73 Å². The van der Waals surface area contributed by atoms with Gasteiger partial charge >= 0.3 is 6.18 Å². The summed E-state index contributed by atoms with van der Waals surface area (Å²) >= 11 is 0.986. The normalized spacial score (nSPS) is 13.4. The number of sulfone groups is 1. The average molecular weight is 486 g/mol. The fraction of sp³-hybridized carbons (Fsp3) is 0.0952. The van der Waals surface area contributed by atoms with Gasteiger partial charge in [-0.3, -0.25) is 0 Å². The first-order valence-corrected chi connectivity index (χ1v) is 11.5. The molecule has 0 fully saturated rings. The van der Waals surface area contributed by atoms with Crippen molar-refractivity contribution in [2.24, 2.45) is 10.7 Å². The van der Waals surface area contributed by atoms with Crippen LogP contribution in [0.25, 0.3) is 10.4 Å². The maximum Gasteiger partial charge on any atom is 0.430 e. The van der Waals surface area contributed by atoms with Gasteiger partial charge in [-0.25, -0.2) is 22.2 Å². The molecule has 1 heterocycles. The third-order valence-corrected chi connectivity index (χ3v) is 6.44. The number of thiophene rings is 1. The quantitative estimate of drug-likeness (QED) is 0.376. The highest BCUT2D eigenvalue weighted by Crippen LogP contribution is 2.32. The Morgan fingerprint density at radius 1 is 1.06 bits per heavy atom. The fourth-order valence-corrected chi connectivity index (χ4v) is 4.23. The third-order valence-electron chi connectivity index (χ3n) is 4.17. The van der Waals surface area contributed by atoms with Crippen LogP contribution in [0.4, 0.5) is 27.6 Å². The highest BCUT2D eigenvalue weighted by molar-refractivity contribution is 7.90. The van der Waals surface area contributed by atoms with Gasteiger partial charge in [0.1, 0.15) is 23.0 Å². The zero-order valence-electron chi connectivity index (χ0n) is 16.3. The van der Waals surface area contributed by atoms with Crippen LogP contribution in [0, 0.1) is 11.6 Å². The Morgan fingerprint density at radius 3 is 2.44 bits per heavy atom. The van der Waals surface area contributed by atoms with Crippen molar-refractivity contribution in [3.8, 4) is 10.4 Å². The van der Waals surface area contributed by atoms with Crippen LogP contribution in [-0.4, -0.2) is 26.6 Å². The van der Waals surface area contributed by atoms with Gasteiger partial charge in [0.25, 0.3) is 0 Å². The van der Waals surface area contributed by atoms with E-state index in [0.717, 1.165) is 35.8 Å². The van der Waals surface area contributed by atoms with E-state index >= 15 is 0 Å². The second-order valence-corrected chi connectivity index (χ2v) is 9.75. The summed E-state index contributed by atoms with van der Waals surface area (Å²) < 4.78 is 90.1. The second kappa shape index (κ2) is 8.83. The van der Waals surface area contributed by atoms with Crippen LogP contribution in [0.1, 0.15) is 4.88 Å². The predicted octanol–water partition coefficient (Wildman–Crippen LogP) is 5.62. The van der Waals surface area contributed by atoms with Crippen molar-refractivity contribution in [1.29, 1.82) is 0 Å². The van der Waals surface area contributed by atoms with Gasteiger partial charge in [-0.15, -0.1) is 11.3 Å². The maximum absolute atomic E-state index is 14.0. The second-order valence-electron chi connectivity index (χ2n) is 6.65. The summed E-state index contributed by atoms with van der Waals surface area (Å²) in [4.78, 5) is 4.64. The molecule has 11 heteroatoms. The molecule has 0 bridgehead atoms. The Labute approximate surface area is 184 Å². The lowest BCUT2D eigenvalue weighted by Crippen LogP contribution is -2.20. The Morgan fingerprint density at radius 2 is 1.78 bits per heavy atom. The Hall–Kier alpha value is -3.05. The lowest BCUT2D eigenvalue weighted by atomic mass is 10.2. The molecule has 3 rings (SSSR count). The molecule has 4 nitrogen and oxygen atoms in total. The molecule has 2 N–H and O–H groups in total. The molecule has 32 heavy (non-hydrogen) atoms. The van der Waals surface area contributed by atoms with E-state index in [-0.39, 0.29) is 15.5 Å². The number of halogens is 5. The van der Waals surface area contributed by atoms with E-state index < -0.39 is 39.0 Å². The van der Waals surface area contributed by atoms with Gasteiger partial charge < -0.3 is 5.73 Å². The van der Waals surface area contributed by atoms with E-state index in [0.29, 0.717) is 16.5 Å². The molecular formula is C21H15F5N2O2S2. The summed E-state index contributed by atoms with van der Waals surface area (Å²) in [5.41, 5.74) is 3.33. The van der Waals surface area contributed by atoms with Crippen LogP contribution in [0.15, 0.2) is 76.3 Å². The molecule has 168 valence electrons. The lowest BCUT2D eigenvalue weighted by molar-refractivity contribution is -0.0925. The summed E-state index contributed by atoms with van der Waals surface area (Å²) in [7, 11) is -3.47. The number of nitrogens with zero attached hydrogens (tertiary/aromatic N) is 1. The van der Waals surface area contributed by atoms with E-state index in [4.69, 9.17) is 5.73 Å². The van der Waals surface area contributed by atoms with Gasteiger partial charge in [-0.2, -0.15) is 13.2 Å². The Bertz CT molecular complexity index is 1330. The van der Waals surface area contributed by atoms with Gasteiger partial charge in [-0.1, -0.05) is 12.1 Å². The lowest BCUT2D eigenvalue weighted by Gasteiger charge is -2.08. The highest BCUT2D eigenvalue weighted by Gasteiger charge is 2.32. The minimum Gasteiger partial charge on any atom is -0.395 e. The van der Waals surface area contributed by atoms with Crippen LogP contribution in [0.5, 0.6) is 0 Å². The van der Waals surface area contributed by atoms with E-state index in [2.05, 4.69) is 4.99 Å². The average Bonchev–Trinajstić information content (AvgIpc) is 3.19. The van der Waals surface area contributed by atoms with Gasteiger partial charge in [-0.05, 0) is 48.0 Å². The van der Waals surface area contributed by atoms with Crippen molar-refractivity contribution in [2.45, 2.75) is 11.1 Å². The first-order valence-electron chi connectivity index (χ1n) is 8.83. The largest absolute Gasteiger partial charge is 0.430 e. The minimum atomic E-state index is -4.86. The molecule has 0 radical (unpaired) electrons. The highest BCUT2D eigenvalue weighted by atomic mass is 32.2. The van der Waals surface area contributed by atoms with Crippen LogP contribution >= 0.6 is 11.3 Å². The standard InChI is InChI=1S/C21H15F5N2O2S2/c1-32(29,30)14-4-2-3-12(9-14)18-7-8-19(31-18)17(11-20(27)21(24,25)26)28-16-10-13(22)5-6-15(16)23/h2-11H,27H2,1H3. The maximum atomic E-state index is 14.0. The van der Waals surface area contributed by atoms with E-state index in [9.17, 15) is 30.4 Å². The summed E-state index contributed by atoms with van der Waals surface area (Å²) in [5, 5.41) is 0. The number of hydrogen-bond acceptors (Lipinski definition) is 5. The minimum absolute atomic E-state index is 0.0712. The van der Waals surface area contributed by atoms with Crippen molar-refractivity contribution in [2.75, 3.05) is 6.26 Å². The van der Waals surface area contributed by atoms with Crippen molar-refractivity contribution in [1.82, 2.24) is 0 Å². The zero-order valence-corrected chi connectivity index (χ0v) is 18.0. The smallest absolute Gasteiger partial charge is 0.395 e. The van der Waals surface area contributed by atoms with Crippen LogP contribution in [-0.2, 0) is 9.84 Å². The number of hydrogen-bond donors (Lipinski definition) is 1. The molecule has 0 saturated carbocycles. The Balaban J connectivity index is 2.12. The van der Waals surface area contributed by atoms with Crippen molar-refractivity contribution < 1.29 is 30.4 Å². The van der Waals surface area contributed by atoms with Crippen LogP contribution in [0.2, 0.25) is 0 Å². The summed E-state index contributed by atoms with van der Waals surface area (Å²) in [6.45, 7) is 0. The molecule has 0 atom stereocenters. The molecule has 0 aliphatic heterocycles. The zero-order chi connectivity index (χ0) is 23.7. The molecule has 0 unspecified atom stereocenters. The van der Waals surface area contributed by atoms with Gasteiger partial charge in [0.2, 0.25) is 0 Å². The molecular weight excluding hydrogens is 471 g/mol. The molecule has 0 aliphatic carbocycles. The van der Waals surface area contributed by atoms with E-state index in [1.165, 1.54) is 24.3 Å². The molecule has 2 aromatic carbocycles. The Kier molecular flexibility index (Phi) is 6.51. The van der Waals surface area contributed by atoms with Gasteiger partial charge in [0.05, 0.1) is 15.5 Å². The molecule has 0 saturated heterocycles. The molecule has 1 aromatic heterocycles. The first kappa shape index (κ1) is 23.6. The number of nitrogens with two attached hydrogens (primary N) is 1. The predicted molar refractivity (Wildman–Crippen MR) is 114 cm³/mol. The van der Waals surface area contributed by atoms with Crippen molar-refractivity contribution >= 4 is 32.6 Å². The molecule has 3 aromatic rings. The molecule has 0 aliphatic rings. The summed E-state index contributed by atoms with van der Waals surface area (Å²) in [5.74, 6) is -1.75. The SMILES string of the molecule is CS(=O)(=O)c1cccc(-c2ccc(C(C=C(N)C(F)(F)F)=Nc3cc(F)ccc3F)s2)c1. The van der Waals surface area contributed by atoms with Gasteiger partial charge in [0.15, 0.2) is 9.84 Å². The third kappa shape index (κ3) is 5.60. The van der Waals surface area contributed by atoms with Gasteiger partial charge in [0, 0.05) is 17.2 Å².